The SMILES string of the molecule is C=O.CNc1ncc(-c2cnn(C3CCN(C(C)=O)CC3)c2)c2cc(-c3c[nH]c4cnccc34)oc12. The van der Waals surface area contributed by atoms with Crippen LogP contribution < -0.4 is 5.32 Å². The Morgan fingerprint density at radius 2 is 1.97 bits per heavy atom. The van der Waals surface area contributed by atoms with Crippen molar-refractivity contribution in [3.8, 4) is 22.5 Å². The first-order valence-electron chi connectivity index (χ1n) is 11.7. The highest BCUT2D eigenvalue weighted by Gasteiger charge is 2.23. The van der Waals surface area contributed by atoms with E-state index in [-0.39, 0.29) is 11.9 Å². The third-order valence-corrected chi connectivity index (χ3v) is 6.74. The van der Waals surface area contributed by atoms with Crippen molar-refractivity contribution in [2.75, 3.05) is 25.5 Å². The number of pyridine rings is 2. The molecule has 0 saturated carbocycles. The third-order valence-electron chi connectivity index (χ3n) is 6.74. The molecule has 6 heterocycles. The number of piperidine rings is 1. The zero-order valence-electron chi connectivity index (χ0n) is 20.2. The molecule has 1 aliphatic rings. The average molecular weight is 486 g/mol. The van der Waals surface area contributed by atoms with Gasteiger partial charge in [0, 0.05) is 79.3 Å². The van der Waals surface area contributed by atoms with E-state index in [0.717, 1.165) is 64.7 Å². The number of H-pyrrole nitrogens is 1. The molecule has 0 atom stereocenters. The highest BCUT2D eigenvalue weighted by Crippen LogP contribution is 2.39. The van der Waals surface area contributed by atoms with Gasteiger partial charge in [0.2, 0.25) is 5.91 Å². The molecular formula is C26H27N7O3. The second kappa shape index (κ2) is 9.65. The van der Waals surface area contributed by atoms with E-state index in [2.05, 4.69) is 37.6 Å². The quantitative estimate of drug-likeness (QED) is 0.390. The zero-order valence-corrected chi connectivity index (χ0v) is 20.2. The molecule has 6 rings (SSSR count). The van der Waals surface area contributed by atoms with E-state index in [0.29, 0.717) is 11.4 Å². The first kappa shape index (κ1) is 23.3. The number of fused-ring (bicyclic) bond motifs is 2. The maximum Gasteiger partial charge on any atom is 0.219 e. The van der Waals surface area contributed by atoms with Crippen LogP contribution in [-0.2, 0) is 9.59 Å². The molecule has 2 N–H and O–H groups in total. The number of nitrogens with one attached hydrogen (secondary N) is 2. The summed E-state index contributed by atoms with van der Waals surface area (Å²) >= 11 is 0. The lowest BCUT2D eigenvalue weighted by molar-refractivity contribution is -0.130. The van der Waals surface area contributed by atoms with Crippen molar-refractivity contribution in [2.24, 2.45) is 0 Å². The lowest BCUT2D eigenvalue weighted by Gasteiger charge is -2.31. The normalized spacial score (nSPS) is 14.1. The number of amides is 1. The highest BCUT2D eigenvalue weighted by atomic mass is 16.3. The van der Waals surface area contributed by atoms with E-state index >= 15 is 0 Å². The van der Waals surface area contributed by atoms with E-state index in [9.17, 15) is 4.79 Å². The lowest BCUT2D eigenvalue weighted by atomic mass is 10.0. The van der Waals surface area contributed by atoms with Crippen molar-refractivity contribution >= 4 is 40.4 Å². The van der Waals surface area contributed by atoms with Crippen molar-refractivity contribution in [1.82, 2.24) is 29.6 Å². The van der Waals surface area contributed by atoms with Crippen LogP contribution in [0.5, 0.6) is 0 Å². The first-order valence-corrected chi connectivity index (χ1v) is 11.7. The van der Waals surface area contributed by atoms with Crippen LogP contribution in [0.2, 0.25) is 0 Å². The van der Waals surface area contributed by atoms with Gasteiger partial charge in [0.1, 0.15) is 12.5 Å². The third kappa shape index (κ3) is 4.00. The van der Waals surface area contributed by atoms with Gasteiger partial charge >= 0.3 is 0 Å². The second-order valence-electron chi connectivity index (χ2n) is 8.69. The molecule has 10 nitrogen and oxygen atoms in total. The summed E-state index contributed by atoms with van der Waals surface area (Å²) in [5, 5.41) is 9.83. The molecule has 0 spiro atoms. The number of rotatable bonds is 4. The monoisotopic (exact) mass is 485 g/mol. The van der Waals surface area contributed by atoms with Crippen LogP contribution in [0.3, 0.4) is 0 Å². The minimum atomic E-state index is 0.139. The van der Waals surface area contributed by atoms with Crippen molar-refractivity contribution in [2.45, 2.75) is 25.8 Å². The molecule has 36 heavy (non-hydrogen) atoms. The van der Waals surface area contributed by atoms with Crippen molar-refractivity contribution < 1.29 is 14.0 Å². The number of furan rings is 1. The summed E-state index contributed by atoms with van der Waals surface area (Å²) in [6, 6.07) is 4.33. The molecule has 10 heteroatoms. The van der Waals surface area contributed by atoms with Crippen LogP contribution in [-0.4, -0.2) is 62.5 Å². The summed E-state index contributed by atoms with van der Waals surface area (Å²) in [5.41, 5.74) is 4.61. The fourth-order valence-electron chi connectivity index (χ4n) is 4.86. The number of aromatic amines is 1. The van der Waals surface area contributed by atoms with Crippen LogP contribution in [0.1, 0.15) is 25.8 Å². The van der Waals surface area contributed by atoms with E-state index in [4.69, 9.17) is 9.21 Å². The molecular weight excluding hydrogens is 458 g/mol. The Morgan fingerprint density at radius 1 is 1.17 bits per heavy atom. The standard InChI is InChI=1S/C25H25N7O2.CH2O/c1-15(33)31-7-4-17(5-8-31)32-14-16(10-30-32)20-11-29-25(26-2)24-19(20)9-23(34-24)21-12-28-22-13-27-6-3-18(21)22;1-2/h3,6,9-14,17,28H,4-5,7-8H2,1-2H3,(H,26,29);1H2. The number of hydrogen-bond acceptors (Lipinski definition) is 7. The number of hydrogen-bond donors (Lipinski definition) is 2. The van der Waals surface area contributed by atoms with Gasteiger partial charge in [0.05, 0.1) is 24.0 Å². The highest BCUT2D eigenvalue weighted by molar-refractivity contribution is 6.03. The van der Waals surface area contributed by atoms with E-state index < -0.39 is 0 Å². The molecule has 0 radical (unpaired) electrons. The minimum absolute atomic E-state index is 0.139. The fourth-order valence-corrected chi connectivity index (χ4v) is 4.86. The summed E-state index contributed by atoms with van der Waals surface area (Å²) in [7, 11) is 1.84. The van der Waals surface area contributed by atoms with Gasteiger partial charge in [-0.1, -0.05) is 0 Å². The Balaban J connectivity index is 0.00000130. The molecule has 5 aromatic rings. The maximum atomic E-state index is 11.6. The van der Waals surface area contributed by atoms with Crippen LogP contribution >= 0.6 is 0 Å². The van der Waals surface area contributed by atoms with Crippen molar-refractivity contribution in [1.29, 1.82) is 0 Å². The van der Waals surface area contributed by atoms with E-state index in [1.165, 1.54) is 0 Å². The fraction of sp³-hybridized carbons (Fsp3) is 0.269. The summed E-state index contributed by atoms with van der Waals surface area (Å²) in [5.74, 6) is 1.60. The predicted molar refractivity (Wildman–Crippen MR) is 138 cm³/mol. The molecule has 0 bridgehead atoms. The minimum Gasteiger partial charge on any atom is -0.452 e. The van der Waals surface area contributed by atoms with Gasteiger partial charge in [0.15, 0.2) is 11.4 Å². The number of aromatic nitrogens is 5. The predicted octanol–water partition coefficient (Wildman–Crippen LogP) is 4.27. The van der Waals surface area contributed by atoms with Crippen LogP contribution in [0, 0.1) is 0 Å². The summed E-state index contributed by atoms with van der Waals surface area (Å²) < 4.78 is 8.36. The van der Waals surface area contributed by atoms with Gasteiger partial charge in [0.25, 0.3) is 0 Å². The summed E-state index contributed by atoms with van der Waals surface area (Å²) in [6.45, 7) is 5.16. The second-order valence-corrected chi connectivity index (χ2v) is 8.69. The molecule has 1 fully saturated rings. The average Bonchev–Trinajstić information content (AvgIpc) is 3.67. The van der Waals surface area contributed by atoms with E-state index in [1.807, 2.05) is 54.3 Å². The van der Waals surface area contributed by atoms with Crippen LogP contribution in [0.4, 0.5) is 5.82 Å². The zero-order chi connectivity index (χ0) is 25.2. The van der Waals surface area contributed by atoms with Gasteiger partial charge in [-0.05, 0) is 25.0 Å². The van der Waals surface area contributed by atoms with Gasteiger partial charge in [-0.2, -0.15) is 5.10 Å². The van der Waals surface area contributed by atoms with Crippen molar-refractivity contribution in [3.63, 3.8) is 0 Å². The molecule has 1 amide bonds. The number of likely N-dealkylation sites (tertiary alicyclic amines) is 1. The Kier molecular flexibility index (Phi) is 6.24. The lowest BCUT2D eigenvalue weighted by Crippen LogP contribution is -2.37. The number of carbonyl (C=O) groups is 2. The first-order chi connectivity index (χ1) is 17.6. The topological polar surface area (TPSA) is 122 Å². The molecule has 1 aliphatic heterocycles. The largest absolute Gasteiger partial charge is 0.452 e. The smallest absolute Gasteiger partial charge is 0.219 e. The van der Waals surface area contributed by atoms with Gasteiger partial charge in [-0.25, -0.2) is 4.98 Å². The molecule has 0 unspecified atom stereocenters. The Labute approximate surface area is 207 Å². The molecule has 0 aromatic carbocycles. The van der Waals surface area contributed by atoms with Crippen LogP contribution in [0.15, 0.2) is 53.7 Å². The van der Waals surface area contributed by atoms with Gasteiger partial charge < -0.3 is 24.4 Å². The summed E-state index contributed by atoms with van der Waals surface area (Å²) in [4.78, 5) is 33.6. The van der Waals surface area contributed by atoms with E-state index in [1.54, 1.807) is 13.1 Å². The Bertz CT molecular complexity index is 1530. The number of carbonyl (C=O) groups excluding carboxylic acids is 2. The number of nitrogens with zero attached hydrogens (tertiary/aromatic N) is 5. The van der Waals surface area contributed by atoms with Crippen LogP contribution in [0.25, 0.3) is 44.3 Å². The van der Waals surface area contributed by atoms with Gasteiger partial charge in [-0.15, -0.1) is 0 Å². The Morgan fingerprint density at radius 3 is 2.72 bits per heavy atom. The number of anilines is 1. The molecule has 1 saturated heterocycles. The van der Waals surface area contributed by atoms with Crippen molar-refractivity contribution in [3.05, 3.63) is 49.3 Å². The Hall–Kier alpha value is -4.47. The van der Waals surface area contributed by atoms with Gasteiger partial charge in [-0.3, -0.25) is 14.5 Å². The molecule has 0 aliphatic carbocycles. The maximum absolute atomic E-state index is 11.6. The molecule has 184 valence electrons. The summed E-state index contributed by atoms with van der Waals surface area (Å²) in [6.07, 6.45) is 13.2. The molecule has 5 aromatic heterocycles.